The van der Waals surface area contributed by atoms with E-state index in [-0.39, 0.29) is 13.2 Å². The lowest BCUT2D eigenvalue weighted by atomic mass is 9.96. The number of aliphatic hydroxyl groups excluding tert-OH is 1. The van der Waals surface area contributed by atoms with E-state index < -0.39 is 36.1 Å². The Morgan fingerprint density at radius 2 is 1.35 bits per heavy atom. The molecule has 0 heterocycles. The van der Waals surface area contributed by atoms with Gasteiger partial charge in [0.25, 0.3) is 0 Å². The van der Waals surface area contributed by atoms with Gasteiger partial charge < -0.3 is 14.6 Å². The number of alkyl halides is 5. The number of rotatable bonds is 6. The molecular formula is C10H13F5O5. The molecule has 1 unspecified atom stereocenters. The maximum absolute atomic E-state index is 13.0. The predicted molar refractivity (Wildman–Crippen MR) is 53.8 cm³/mol. The number of esters is 2. The van der Waals surface area contributed by atoms with Crippen LogP contribution in [0.3, 0.4) is 0 Å². The predicted octanol–water partition coefficient (Wildman–Crippen LogP) is 1.29. The lowest BCUT2D eigenvalue weighted by molar-refractivity contribution is -0.318. The molecule has 20 heavy (non-hydrogen) atoms. The van der Waals surface area contributed by atoms with Crippen molar-refractivity contribution in [1.82, 2.24) is 0 Å². The third-order valence-corrected chi connectivity index (χ3v) is 2.15. The van der Waals surface area contributed by atoms with Crippen LogP contribution < -0.4 is 0 Å². The van der Waals surface area contributed by atoms with Gasteiger partial charge in [0.15, 0.2) is 12.0 Å². The van der Waals surface area contributed by atoms with Gasteiger partial charge in [0.2, 0.25) is 0 Å². The van der Waals surface area contributed by atoms with Gasteiger partial charge >= 0.3 is 24.0 Å². The molecule has 5 nitrogen and oxygen atoms in total. The smallest absolute Gasteiger partial charge is 0.456 e. The highest BCUT2D eigenvalue weighted by atomic mass is 19.4. The zero-order valence-corrected chi connectivity index (χ0v) is 10.5. The van der Waals surface area contributed by atoms with Crippen molar-refractivity contribution < 1.29 is 46.1 Å². The molecule has 1 N–H and O–H groups in total. The quantitative estimate of drug-likeness (QED) is 0.455. The summed E-state index contributed by atoms with van der Waals surface area (Å²) in [6.07, 6.45) is -9.77. The summed E-state index contributed by atoms with van der Waals surface area (Å²) in [4.78, 5) is 22.6. The second-order valence-electron chi connectivity index (χ2n) is 3.55. The normalized spacial score (nSPS) is 14.1. The number of hydrogen-bond acceptors (Lipinski definition) is 5. The van der Waals surface area contributed by atoms with Crippen molar-refractivity contribution in [3.63, 3.8) is 0 Å². The molecule has 0 bridgehead atoms. The van der Waals surface area contributed by atoms with Crippen molar-refractivity contribution in [1.29, 1.82) is 0 Å². The minimum Gasteiger partial charge on any atom is -0.465 e. The fourth-order valence-corrected chi connectivity index (χ4v) is 1.20. The van der Waals surface area contributed by atoms with Crippen LogP contribution in [-0.2, 0) is 19.1 Å². The van der Waals surface area contributed by atoms with Crippen molar-refractivity contribution in [2.45, 2.75) is 32.1 Å². The van der Waals surface area contributed by atoms with Crippen LogP contribution in [0.4, 0.5) is 22.0 Å². The third-order valence-electron chi connectivity index (χ3n) is 2.15. The van der Waals surface area contributed by atoms with Crippen LogP contribution in [0.1, 0.15) is 13.8 Å². The van der Waals surface area contributed by atoms with E-state index in [1.807, 2.05) is 0 Å². The minimum absolute atomic E-state index is 0.376. The molecule has 0 aromatic carbocycles. The Hall–Kier alpha value is -1.45. The maximum atomic E-state index is 13.0. The summed E-state index contributed by atoms with van der Waals surface area (Å²) in [5.74, 6) is -11.9. The van der Waals surface area contributed by atoms with Gasteiger partial charge in [-0.05, 0) is 13.8 Å². The molecule has 0 rings (SSSR count). The van der Waals surface area contributed by atoms with E-state index in [9.17, 15) is 31.5 Å². The van der Waals surface area contributed by atoms with Crippen LogP contribution in [0.15, 0.2) is 0 Å². The molecule has 0 aliphatic rings. The molecule has 0 aliphatic carbocycles. The number of aliphatic hydroxyl groups is 1. The molecule has 1 atom stereocenters. The van der Waals surface area contributed by atoms with Crippen LogP contribution in [-0.4, -0.2) is 48.5 Å². The molecule has 118 valence electrons. The molecule has 10 heteroatoms. The van der Waals surface area contributed by atoms with E-state index in [4.69, 9.17) is 5.11 Å². The fourth-order valence-electron chi connectivity index (χ4n) is 1.20. The zero-order chi connectivity index (χ0) is 16.1. The Morgan fingerprint density at radius 3 is 1.60 bits per heavy atom. The number of ether oxygens (including phenoxy) is 2. The summed E-state index contributed by atoms with van der Waals surface area (Å²) in [6.45, 7) is 1.74. The first kappa shape index (κ1) is 18.6. The van der Waals surface area contributed by atoms with Gasteiger partial charge in [-0.1, -0.05) is 0 Å². The monoisotopic (exact) mass is 308 g/mol. The van der Waals surface area contributed by atoms with Crippen LogP contribution in [0.2, 0.25) is 0 Å². The molecule has 0 amide bonds. The summed E-state index contributed by atoms with van der Waals surface area (Å²) in [7, 11) is 0. The summed E-state index contributed by atoms with van der Waals surface area (Å²) in [5.41, 5.74) is 0. The molecule has 0 aromatic heterocycles. The Kier molecular flexibility index (Phi) is 6.32. The van der Waals surface area contributed by atoms with Gasteiger partial charge in [-0.2, -0.15) is 22.0 Å². The summed E-state index contributed by atoms with van der Waals surface area (Å²) in [6, 6.07) is 0. The van der Waals surface area contributed by atoms with Crippen LogP contribution in [0.5, 0.6) is 0 Å². The highest BCUT2D eigenvalue weighted by molar-refractivity contribution is 5.95. The van der Waals surface area contributed by atoms with Gasteiger partial charge in [0, 0.05) is 0 Å². The number of carbonyl (C=O) groups excluding carboxylic acids is 2. The van der Waals surface area contributed by atoms with Gasteiger partial charge in [-0.3, -0.25) is 9.59 Å². The van der Waals surface area contributed by atoms with Gasteiger partial charge in [0.1, 0.15) is 0 Å². The van der Waals surface area contributed by atoms with Crippen molar-refractivity contribution >= 4 is 11.9 Å². The molecule has 0 aromatic rings. The average molecular weight is 308 g/mol. The SMILES string of the molecule is CCOC(=O)C(C(=O)OCC)C(O)C(F)(F)C(F)(F)F. The van der Waals surface area contributed by atoms with E-state index in [0.29, 0.717) is 0 Å². The van der Waals surface area contributed by atoms with Crippen LogP contribution >= 0.6 is 0 Å². The second kappa shape index (κ2) is 6.82. The topological polar surface area (TPSA) is 72.8 Å². The summed E-state index contributed by atoms with van der Waals surface area (Å²) >= 11 is 0. The standard InChI is InChI=1S/C10H13F5O5/c1-3-19-7(17)5(8(18)20-4-2)6(16)9(11,12)10(13,14)15/h5-6,16H,3-4H2,1-2H3. The lowest BCUT2D eigenvalue weighted by Crippen LogP contribution is -2.54. The Morgan fingerprint density at radius 1 is 1.00 bits per heavy atom. The average Bonchev–Trinajstić information content (AvgIpc) is 2.28. The lowest BCUT2D eigenvalue weighted by Gasteiger charge is -2.28. The molecule has 0 fully saturated rings. The molecule has 0 spiro atoms. The van der Waals surface area contributed by atoms with Gasteiger partial charge in [-0.25, -0.2) is 0 Å². The van der Waals surface area contributed by atoms with E-state index >= 15 is 0 Å². The van der Waals surface area contributed by atoms with E-state index in [1.54, 1.807) is 0 Å². The first-order chi connectivity index (χ1) is 9.00. The third kappa shape index (κ3) is 4.02. The highest BCUT2D eigenvalue weighted by Gasteiger charge is 2.66. The Bertz CT molecular complexity index is 336. The van der Waals surface area contributed by atoms with Crippen molar-refractivity contribution in [2.24, 2.45) is 5.92 Å². The maximum Gasteiger partial charge on any atom is 0.456 e. The molecule has 0 radical (unpaired) electrons. The number of halogens is 5. The summed E-state index contributed by atoms with van der Waals surface area (Å²) in [5, 5.41) is 9.09. The fraction of sp³-hybridized carbons (Fsp3) is 0.800. The molecule has 0 aliphatic heterocycles. The zero-order valence-electron chi connectivity index (χ0n) is 10.5. The second-order valence-corrected chi connectivity index (χ2v) is 3.55. The number of hydrogen-bond donors (Lipinski definition) is 1. The van der Waals surface area contributed by atoms with Crippen LogP contribution in [0.25, 0.3) is 0 Å². The molecular weight excluding hydrogens is 295 g/mol. The Labute approximate surface area is 110 Å². The first-order valence-electron chi connectivity index (χ1n) is 5.46. The summed E-state index contributed by atoms with van der Waals surface area (Å²) < 4.78 is 70.8. The molecule has 0 saturated carbocycles. The minimum atomic E-state index is -6.14. The number of carbonyl (C=O) groups is 2. The first-order valence-corrected chi connectivity index (χ1v) is 5.46. The van der Waals surface area contributed by atoms with Crippen molar-refractivity contribution in [3.8, 4) is 0 Å². The van der Waals surface area contributed by atoms with E-state index in [1.165, 1.54) is 13.8 Å². The van der Waals surface area contributed by atoms with Gasteiger partial charge in [0.05, 0.1) is 13.2 Å². The van der Waals surface area contributed by atoms with Gasteiger partial charge in [-0.15, -0.1) is 0 Å². The van der Waals surface area contributed by atoms with Crippen molar-refractivity contribution in [2.75, 3.05) is 13.2 Å². The van der Waals surface area contributed by atoms with Crippen molar-refractivity contribution in [3.05, 3.63) is 0 Å². The van der Waals surface area contributed by atoms with Crippen LogP contribution in [0, 0.1) is 5.92 Å². The largest absolute Gasteiger partial charge is 0.465 e. The molecule has 0 saturated heterocycles. The highest BCUT2D eigenvalue weighted by Crippen LogP contribution is 2.40. The van der Waals surface area contributed by atoms with E-state index in [2.05, 4.69) is 9.47 Å². The van der Waals surface area contributed by atoms with E-state index in [0.717, 1.165) is 0 Å². The Balaban J connectivity index is 5.42.